The van der Waals surface area contributed by atoms with Crippen LogP contribution in [0.4, 0.5) is 14.5 Å². The summed E-state index contributed by atoms with van der Waals surface area (Å²) in [5, 5.41) is 3.39. The molecule has 1 unspecified atom stereocenters. The van der Waals surface area contributed by atoms with E-state index in [0.29, 0.717) is 38.8 Å². The molecule has 3 heterocycles. The predicted octanol–water partition coefficient (Wildman–Crippen LogP) is 4.69. The van der Waals surface area contributed by atoms with Crippen LogP contribution in [0.5, 0.6) is 0 Å². The molecule has 35 heavy (non-hydrogen) atoms. The summed E-state index contributed by atoms with van der Waals surface area (Å²) in [5.74, 6) is -4.13. The number of carbonyl (C=O) groups excluding carboxylic acids is 2. The minimum Gasteiger partial charge on any atom is -0.371 e. The monoisotopic (exact) mass is 481 g/mol. The van der Waals surface area contributed by atoms with Gasteiger partial charge in [-0.1, -0.05) is 36.4 Å². The van der Waals surface area contributed by atoms with E-state index in [-0.39, 0.29) is 18.4 Å². The van der Waals surface area contributed by atoms with E-state index in [1.54, 1.807) is 0 Å². The van der Waals surface area contributed by atoms with E-state index in [9.17, 15) is 18.4 Å². The van der Waals surface area contributed by atoms with E-state index in [4.69, 9.17) is 4.74 Å². The number of imide groups is 1. The number of amides is 2. The van der Waals surface area contributed by atoms with Gasteiger partial charge in [0.15, 0.2) is 0 Å². The number of anilines is 1. The predicted molar refractivity (Wildman–Crippen MR) is 129 cm³/mol. The molecular weight excluding hydrogens is 452 g/mol. The molecule has 0 bridgehead atoms. The SMILES string of the molecule is O=C1CCC(n2ccc3c(N4CCC(C(F)(F)COCc5ccccc5)CC4)cccc32)C(=O)N1. The summed E-state index contributed by atoms with van der Waals surface area (Å²) in [6, 6.07) is 16.8. The smallest absolute Gasteiger partial charge is 0.273 e. The fourth-order valence-electron chi connectivity index (χ4n) is 5.21. The van der Waals surface area contributed by atoms with Crippen LogP contribution in [0.1, 0.15) is 37.3 Å². The molecule has 5 rings (SSSR count). The number of aromatic nitrogens is 1. The van der Waals surface area contributed by atoms with E-state index < -0.39 is 24.5 Å². The Morgan fingerprint density at radius 2 is 1.74 bits per heavy atom. The second-order valence-corrected chi connectivity index (χ2v) is 9.40. The topological polar surface area (TPSA) is 63.6 Å². The molecule has 2 aromatic carbocycles. The summed E-state index contributed by atoms with van der Waals surface area (Å²) >= 11 is 0. The van der Waals surface area contributed by atoms with Gasteiger partial charge in [-0.3, -0.25) is 14.9 Å². The van der Waals surface area contributed by atoms with Gasteiger partial charge in [-0.05, 0) is 43.0 Å². The lowest BCUT2D eigenvalue weighted by atomic mass is 9.90. The van der Waals surface area contributed by atoms with E-state index in [1.165, 1.54) is 0 Å². The lowest BCUT2D eigenvalue weighted by Gasteiger charge is -2.37. The standard InChI is InChI=1S/C27H29F2N3O3/c28-27(29,18-35-17-19-5-2-1-3-6-19)20-11-14-31(15-12-20)22-7-4-8-23-21(22)13-16-32(23)24-9-10-25(33)30-26(24)34/h1-8,13,16,20,24H,9-12,14-15,17-18H2,(H,30,33,34). The lowest BCUT2D eigenvalue weighted by Crippen LogP contribution is -2.43. The highest BCUT2D eigenvalue weighted by atomic mass is 19.3. The van der Waals surface area contributed by atoms with Crippen LogP contribution in [0.15, 0.2) is 60.8 Å². The Balaban J connectivity index is 1.23. The Labute approximate surface area is 202 Å². The number of fused-ring (bicyclic) bond motifs is 1. The highest BCUT2D eigenvalue weighted by molar-refractivity contribution is 6.01. The van der Waals surface area contributed by atoms with Crippen LogP contribution in [0.25, 0.3) is 10.9 Å². The third-order valence-electron chi connectivity index (χ3n) is 7.12. The maximum Gasteiger partial charge on any atom is 0.273 e. The van der Waals surface area contributed by atoms with Gasteiger partial charge >= 0.3 is 0 Å². The minimum atomic E-state index is -2.87. The number of halogens is 2. The van der Waals surface area contributed by atoms with Gasteiger partial charge in [0, 0.05) is 42.7 Å². The molecule has 1 aromatic heterocycles. The number of hydrogen-bond donors (Lipinski definition) is 1. The first-order valence-corrected chi connectivity index (χ1v) is 12.1. The Kier molecular flexibility index (Phi) is 6.56. The maximum atomic E-state index is 14.9. The summed E-state index contributed by atoms with van der Waals surface area (Å²) in [5.41, 5.74) is 2.77. The normalized spacial score (nSPS) is 19.8. The number of rotatable bonds is 7. The number of ether oxygens (including phenoxy) is 1. The van der Waals surface area contributed by atoms with Crippen LogP contribution in [-0.2, 0) is 20.9 Å². The second kappa shape index (κ2) is 9.77. The molecule has 2 fully saturated rings. The largest absolute Gasteiger partial charge is 0.371 e. The molecule has 2 aliphatic heterocycles. The number of alkyl halides is 2. The first kappa shape index (κ1) is 23.5. The number of hydrogen-bond acceptors (Lipinski definition) is 4. The molecule has 184 valence electrons. The van der Waals surface area contributed by atoms with Crippen molar-refractivity contribution in [1.82, 2.24) is 9.88 Å². The maximum absolute atomic E-state index is 14.9. The summed E-state index contributed by atoms with van der Waals surface area (Å²) in [6.07, 6.45) is 3.41. The molecule has 2 saturated heterocycles. The van der Waals surface area contributed by atoms with Crippen molar-refractivity contribution >= 4 is 28.4 Å². The van der Waals surface area contributed by atoms with Crippen LogP contribution in [0.3, 0.4) is 0 Å². The van der Waals surface area contributed by atoms with E-state index in [0.717, 1.165) is 22.2 Å². The van der Waals surface area contributed by atoms with Gasteiger partial charge in [0.05, 0.1) is 12.1 Å². The molecule has 1 atom stereocenters. The molecule has 0 aliphatic carbocycles. The average Bonchev–Trinajstić information content (AvgIpc) is 3.29. The highest BCUT2D eigenvalue weighted by Crippen LogP contribution is 2.37. The minimum absolute atomic E-state index is 0.182. The van der Waals surface area contributed by atoms with E-state index in [2.05, 4.69) is 10.2 Å². The van der Waals surface area contributed by atoms with Gasteiger partial charge in [0.25, 0.3) is 5.92 Å². The van der Waals surface area contributed by atoms with Crippen molar-refractivity contribution < 1.29 is 23.1 Å². The van der Waals surface area contributed by atoms with Gasteiger partial charge in [0.2, 0.25) is 11.8 Å². The van der Waals surface area contributed by atoms with Crippen molar-refractivity contribution in [3.8, 4) is 0 Å². The quantitative estimate of drug-likeness (QED) is 0.498. The van der Waals surface area contributed by atoms with Crippen LogP contribution in [-0.4, -0.2) is 42.0 Å². The molecule has 0 spiro atoms. The summed E-state index contributed by atoms with van der Waals surface area (Å²) in [6.45, 7) is 0.668. The van der Waals surface area contributed by atoms with Crippen molar-refractivity contribution in [2.24, 2.45) is 5.92 Å². The van der Waals surface area contributed by atoms with Crippen LogP contribution in [0, 0.1) is 5.92 Å². The second-order valence-electron chi connectivity index (χ2n) is 9.40. The molecule has 3 aromatic rings. The molecular formula is C27H29F2N3O3. The Morgan fingerprint density at radius 3 is 2.49 bits per heavy atom. The Bertz CT molecular complexity index is 1200. The zero-order valence-electron chi connectivity index (χ0n) is 19.5. The molecule has 2 amide bonds. The Morgan fingerprint density at radius 1 is 0.971 bits per heavy atom. The number of nitrogens with zero attached hydrogens (tertiary/aromatic N) is 2. The highest BCUT2D eigenvalue weighted by Gasteiger charge is 2.41. The average molecular weight is 482 g/mol. The molecule has 2 aliphatic rings. The number of benzene rings is 2. The molecule has 0 saturated carbocycles. The fraction of sp³-hybridized carbons (Fsp3) is 0.407. The van der Waals surface area contributed by atoms with Gasteiger partial charge in [-0.15, -0.1) is 0 Å². The van der Waals surface area contributed by atoms with Crippen molar-refractivity contribution in [3.05, 3.63) is 66.4 Å². The summed E-state index contributed by atoms with van der Waals surface area (Å²) < 4.78 is 37.0. The van der Waals surface area contributed by atoms with Crippen molar-refractivity contribution in [1.29, 1.82) is 0 Å². The van der Waals surface area contributed by atoms with Gasteiger partial charge in [-0.2, -0.15) is 0 Å². The molecule has 1 N–H and O–H groups in total. The summed E-state index contributed by atoms with van der Waals surface area (Å²) in [4.78, 5) is 26.0. The Hall–Kier alpha value is -3.26. The first-order chi connectivity index (χ1) is 16.9. The van der Waals surface area contributed by atoms with Crippen molar-refractivity contribution in [2.45, 2.75) is 44.3 Å². The van der Waals surface area contributed by atoms with Gasteiger partial charge < -0.3 is 14.2 Å². The molecule has 6 nitrogen and oxygen atoms in total. The molecule has 0 radical (unpaired) electrons. The fourth-order valence-corrected chi connectivity index (χ4v) is 5.21. The molecule has 8 heteroatoms. The third kappa shape index (κ3) is 4.93. The zero-order chi connectivity index (χ0) is 24.4. The van der Waals surface area contributed by atoms with Crippen LogP contribution in [0.2, 0.25) is 0 Å². The third-order valence-corrected chi connectivity index (χ3v) is 7.12. The van der Waals surface area contributed by atoms with Crippen molar-refractivity contribution in [3.63, 3.8) is 0 Å². The first-order valence-electron chi connectivity index (χ1n) is 12.1. The van der Waals surface area contributed by atoms with Crippen LogP contribution < -0.4 is 10.2 Å². The van der Waals surface area contributed by atoms with Crippen LogP contribution >= 0.6 is 0 Å². The van der Waals surface area contributed by atoms with E-state index >= 15 is 0 Å². The number of nitrogens with one attached hydrogen (secondary N) is 1. The van der Waals surface area contributed by atoms with E-state index in [1.807, 2.05) is 65.4 Å². The number of piperidine rings is 2. The summed E-state index contributed by atoms with van der Waals surface area (Å²) in [7, 11) is 0. The lowest BCUT2D eigenvalue weighted by molar-refractivity contribution is -0.135. The zero-order valence-corrected chi connectivity index (χ0v) is 19.5. The van der Waals surface area contributed by atoms with Gasteiger partial charge in [-0.25, -0.2) is 8.78 Å². The number of carbonyl (C=O) groups is 2. The van der Waals surface area contributed by atoms with Crippen molar-refractivity contribution in [2.75, 3.05) is 24.6 Å². The van der Waals surface area contributed by atoms with Gasteiger partial charge in [0.1, 0.15) is 12.6 Å².